The molecule has 10 heteroatoms. The van der Waals surface area contributed by atoms with Gasteiger partial charge in [-0.25, -0.2) is 12.8 Å². The number of hydrogen-bond acceptors (Lipinski definition) is 5. The van der Waals surface area contributed by atoms with Crippen LogP contribution in [0.5, 0.6) is 5.75 Å². The van der Waals surface area contributed by atoms with E-state index in [1.807, 2.05) is 48.9 Å². The van der Waals surface area contributed by atoms with Crippen LogP contribution in [0.25, 0.3) is 33.4 Å². The zero-order valence-electron chi connectivity index (χ0n) is 27.0. The van der Waals surface area contributed by atoms with E-state index in [0.29, 0.717) is 59.6 Å². The molecule has 3 aromatic carbocycles. The van der Waals surface area contributed by atoms with Crippen LogP contribution in [-0.2, 0) is 29.2 Å². The summed E-state index contributed by atoms with van der Waals surface area (Å²) in [6.07, 6.45) is 3.33. The first-order valence-electron chi connectivity index (χ1n) is 15.9. The number of ether oxygens (including phenoxy) is 1. The molecule has 2 unspecified atom stereocenters. The van der Waals surface area contributed by atoms with Gasteiger partial charge in [-0.05, 0) is 79.6 Å². The third-order valence-electron chi connectivity index (χ3n) is 9.05. The van der Waals surface area contributed by atoms with Gasteiger partial charge >= 0.3 is 0 Å². The molecule has 1 aliphatic rings. The van der Waals surface area contributed by atoms with Crippen molar-refractivity contribution in [2.75, 3.05) is 13.7 Å². The van der Waals surface area contributed by atoms with Crippen LogP contribution in [-0.4, -0.2) is 54.0 Å². The molecule has 6 rings (SSSR count). The Labute approximate surface area is 274 Å². The van der Waals surface area contributed by atoms with Gasteiger partial charge in [-0.1, -0.05) is 44.2 Å². The molecule has 47 heavy (non-hydrogen) atoms. The second-order valence-electron chi connectivity index (χ2n) is 12.8. The van der Waals surface area contributed by atoms with Crippen molar-refractivity contribution in [3.05, 3.63) is 95.4 Å². The number of aliphatic hydroxyl groups is 1. The molecule has 2 aromatic heterocycles. The summed E-state index contributed by atoms with van der Waals surface area (Å²) in [4.78, 5) is 17.4. The highest BCUT2D eigenvalue weighted by Gasteiger charge is 2.32. The molecular weight excluding hydrogens is 617 g/mol. The normalized spacial score (nSPS) is 14.1. The second kappa shape index (κ2) is 13.0. The Hall–Kier alpha value is -4.41. The van der Waals surface area contributed by atoms with Crippen molar-refractivity contribution >= 4 is 26.6 Å². The lowest BCUT2D eigenvalue weighted by Crippen LogP contribution is -2.39. The molecule has 3 heterocycles. The third kappa shape index (κ3) is 6.19. The highest BCUT2D eigenvalue weighted by molar-refractivity contribution is 7.92. The summed E-state index contributed by atoms with van der Waals surface area (Å²) in [5, 5.41) is 13.7. The van der Waals surface area contributed by atoms with Gasteiger partial charge in [0.15, 0.2) is 9.84 Å². The van der Waals surface area contributed by atoms with E-state index in [9.17, 15) is 22.7 Å². The molecule has 3 N–H and O–H groups in total. The average molecular weight is 658 g/mol. The van der Waals surface area contributed by atoms with Crippen LogP contribution in [0.4, 0.5) is 4.39 Å². The number of sulfone groups is 1. The fraction of sp³-hybridized carbons (Fsp3) is 0.324. The predicted molar refractivity (Wildman–Crippen MR) is 182 cm³/mol. The van der Waals surface area contributed by atoms with Crippen LogP contribution in [0.1, 0.15) is 48.7 Å². The molecule has 0 bridgehead atoms. The Kier molecular flexibility index (Phi) is 9.00. The number of para-hydroxylation sites is 1. The summed E-state index contributed by atoms with van der Waals surface area (Å²) in [5.41, 5.74) is 5.52. The van der Waals surface area contributed by atoms with E-state index in [1.165, 1.54) is 19.2 Å². The number of rotatable bonds is 11. The first-order valence-corrected chi connectivity index (χ1v) is 17.5. The predicted octanol–water partition coefficient (Wildman–Crippen LogP) is 6.55. The van der Waals surface area contributed by atoms with Crippen LogP contribution in [0.2, 0.25) is 0 Å². The number of fused-ring (bicyclic) bond motifs is 4. The molecule has 1 aliphatic heterocycles. The van der Waals surface area contributed by atoms with Gasteiger partial charge in [-0.2, -0.15) is 0 Å². The number of methoxy groups -OCH3 is 1. The third-order valence-corrected chi connectivity index (χ3v) is 11.2. The number of H-pyrrole nitrogens is 1. The van der Waals surface area contributed by atoms with Crippen molar-refractivity contribution in [2.24, 2.45) is 5.92 Å². The number of hydrogen-bond donors (Lipinski definition) is 3. The van der Waals surface area contributed by atoms with Crippen LogP contribution >= 0.6 is 0 Å². The zero-order valence-corrected chi connectivity index (χ0v) is 27.8. The van der Waals surface area contributed by atoms with Gasteiger partial charge in [-0.15, -0.1) is 0 Å². The van der Waals surface area contributed by atoms with E-state index in [-0.39, 0.29) is 17.4 Å². The lowest BCUT2D eigenvalue weighted by Gasteiger charge is -2.25. The van der Waals surface area contributed by atoms with Gasteiger partial charge in [-0.3, -0.25) is 4.79 Å². The number of carbonyl (C=O) groups excluding carboxylic acids is 1. The Morgan fingerprint density at radius 1 is 1.09 bits per heavy atom. The van der Waals surface area contributed by atoms with E-state index in [4.69, 9.17) is 4.74 Å². The van der Waals surface area contributed by atoms with Crippen molar-refractivity contribution in [2.45, 2.75) is 62.8 Å². The number of aromatic amines is 1. The minimum atomic E-state index is -3.74. The van der Waals surface area contributed by atoms with E-state index < -0.39 is 32.9 Å². The highest BCUT2D eigenvalue weighted by atomic mass is 32.2. The maximum atomic E-state index is 14.6. The Balaban J connectivity index is 1.44. The highest BCUT2D eigenvalue weighted by Crippen LogP contribution is 2.42. The summed E-state index contributed by atoms with van der Waals surface area (Å²) in [5.74, 6) is -0.371. The summed E-state index contributed by atoms with van der Waals surface area (Å²) in [6.45, 7) is 5.90. The van der Waals surface area contributed by atoms with E-state index in [1.54, 1.807) is 37.3 Å². The van der Waals surface area contributed by atoms with Gasteiger partial charge in [0.05, 0.1) is 36.3 Å². The molecule has 0 aliphatic carbocycles. The fourth-order valence-corrected chi connectivity index (χ4v) is 8.56. The Morgan fingerprint density at radius 3 is 2.60 bits per heavy atom. The van der Waals surface area contributed by atoms with Crippen LogP contribution in [0.3, 0.4) is 0 Å². The van der Waals surface area contributed by atoms with E-state index in [0.717, 1.165) is 22.0 Å². The fourth-order valence-electron chi connectivity index (χ4n) is 6.78. The first-order chi connectivity index (χ1) is 22.5. The maximum absolute atomic E-state index is 14.6. The number of aromatic nitrogens is 2. The number of aliphatic hydroxyl groups excluding tert-OH is 1. The topological polar surface area (TPSA) is 113 Å². The number of carbonyl (C=O) groups is 1. The molecule has 5 aromatic rings. The molecule has 8 nitrogen and oxygen atoms in total. The first kappa shape index (κ1) is 32.5. The van der Waals surface area contributed by atoms with Gasteiger partial charge in [0.25, 0.3) is 5.91 Å². The van der Waals surface area contributed by atoms with Gasteiger partial charge in [0.2, 0.25) is 0 Å². The number of aryl methyl sites for hydroxylation is 1. The average Bonchev–Trinajstić information content (AvgIpc) is 3.65. The van der Waals surface area contributed by atoms with Gasteiger partial charge in [0.1, 0.15) is 16.5 Å². The van der Waals surface area contributed by atoms with Crippen LogP contribution in [0, 0.1) is 11.7 Å². The number of benzene rings is 3. The molecule has 246 valence electrons. The largest absolute Gasteiger partial charge is 0.495 e. The summed E-state index contributed by atoms with van der Waals surface area (Å²) >= 11 is 0. The quantitative estimate of drug-likeness (QED) is 0.149. The smallest absolute Gasteiger partial charge is 0.253 e. The van der Waals surface area contributed by atoms with E-state index in [2.05, 4.69) is 10.3 Å². The number of nitrogens with zero attached hydrogens (tertiary/aromatic N) is 1. The monoisotopic (exact) mass is 657 g/mol. The number of halogens is 1. The molecule has 0 saturated heterocycles. The van der Waals surface area contributed by atoms with Crippen molar-refractivity contribution in [3.63, 3.8) is 0 Å². The SMILES string of the molecule is COc1cc2c(cc1S(=O)(=O)C(C)CC(C)C)-c1cc(C(=O)NC(CO)Cc3c[nH]c4ccccc34)c(-c3cccc(F)c3)n1CC2. The molecule has 2 atom stereocenters. The summed E-state index contributed by atoms with van der Waals surface area (Å²) < 4.78 is 49.8. The van der Waals surface area contributed by atoms with Crippen molar-refractivity contribution in [1.29, 1.82) is 0 Å². The molecule has 0 saturated carbocycles. The number of nitrogens with one attached hydrogen (secondary N) is 2. The lowest BCUT2D eigenvalue weighted by molar-refractivity contribution is 0.0917. The molecule has 0 fully saturated rings. The number of amides is 1. The van der Waals surface area contributed by atoms with Gasteiger partial charge < -0.3 is 24.7 Å². The molecule has 0 radical (unpaired) electrons. The lowest BCUT2D eigenvalue weighted by atomic mass is 9.98. The Bertz CT molecular complexity index is 2060. The minimum Gasteiger partial charge on any atom is -0.495 e. The standard InChI is InChI=1S/C37H40FN3O5S/c1-22(2)14-23(3)47(44,45)35-19-30-24(17-34(35)46-4)12-13-41-33(30)18-31(36(41)25-8-7-9-27(38)15-25)37(43)40-28(21-42)16-26-20-39-32-11-6-5-10-29(26)32/h5-11,15,17-20,22-23,28,39,42H,12-14,16,21H2,1-4H3,(H,40,43). The summed E-state index contributed by atoms with van der Waals surface area (Å²) in [7, 11) is -2.27. The van der Waals surface area contributed by atoms with Crippen molar-refractivity contribution in [1.82, 2.24) is 14.9 Å². The van der Waals surface area contributed by atoms with Gasteiger partial charge in [0, 0.05) is 40.5 Å². The second-order valence-corrected chi connectivity index (χ2v) is 15.1. The van der Waals surface area contributed by atoms with Crippen LogP contribution in [0.15, 0.2) is 77.8 Å². The van der Waals surface area contributed by atoms with Crippen molar-refractivity contribution < 1.29 is 27.4 Å². The van der Waals surface area contributed by atoms with E-state index >= 15 is 0 Å². The maximum Gasteiger partial charge on any atom is 0.253 e. The van der Waals surface area contributed by atoms with Crippen LogP contribution < -0.4 is 10.1 Å². The summed E-state index contributed by atoms with van der Waals surface area (Å²) in [6, 6.07) is 18.5. The minimum absolute atomic E-state index is 0.110. The molecule has 1 amide bonds. The Morgan fingerprint density at radius 2 is 1.87 bits per heavy atom. The van der Waals surface area contributed by atoms with Crippen molar-refractivity contribution in [3.8, 4) is 28.3 Å². The molecular formula is C37H40FN3O5S. The molecule has 0 spiro atoms. The zero-order chi connectivity index (χ0) is 33.5.